The van der Waals surface area contributed by atoms with Crippen molar-refractivity contribution in [2.24, 2.45) is 35.5 Å². The molecule has 6 aliphatic heterocycles. The van der Waals surface area contributed by atoms with Gasteiger partial charge in [0.2, 0.25) is 65.5 Å². The Kier molecular flexibility index (Phi) is 42.7. The second-order valence-electron chi connectivity index (χ2n) is 31.4. The summed E-state index contributed by atoms with van der Waals surface area (Å²) in [5.74, 6) is -10.7. The first-order valence-electron chi connectivity index (χ1n) is 42.3. The number of sulfonamides is 3. The number of piperidine rings is 6. The van der Waals surface area contributed by atoms with E-state index in [1.165, 1.54) is 115 Å². The van der Waals surface area contributed by atoms with Crippen LogP contribution in [0.2, 0.25) is 20.1 Å². The van der Waals surface area contributed by atoms with Crippen LogP contribution < -0.4 is 31.9 Å². The molecular weight excluding hydrogens is 1960 g/mol. The predicted molar refractivity (Wildman–Crippen MR) is 482 cm³/mol. The van der Waals surface area contributed by atoms with Crippen LogP contribution >= 0.6 is 46.4 Å². The zero-order valence-electron chi connectivity index (χ0n) is 73.8. The van der Waals surface area contributed by atoms with Gasteiger partial charge in [0.25, 0.3) is 0 Å². The molecule has 0 bridgehead atoms. The molecule has 0 saturated carbocycles. The molecule has 135 heavy (non-hydrogen) atoms. The van der Waals surface area contributed by atoms with Crippen LogP contribution in [-0.2, 0) is 85.4 Å². The number of hydrogen-bond donors (Lipinski definition) is 6. The van der Waals surface area contributed by atoms with Crippen molar-refractivity contribution in [3.8, 4) is 0 Å². The van der Waals surface area contributed by atoms with Crippen LogP contribution in [0.5, 0.6) is 0 Å². The monoisotopic (exact) mass is 2050 g/mol. The van der Waals surface area contributed by atoms with E-state index in [-0.39, 0.29) is 140 Å². The van der Waals surface area contributed by atoms with Gasteiger partial charge in [-0.15, -0.1) is 0 Å². The fraction of sp³-hybridized carbons (Fsp3) is 0.477. The Hall–Kier alpha value is -10.0. The molecule has 0 spiro atoms. The first-order chi connectivity index (χ1) is 63.4. The van der Waals surface area contributed by atoms with Gasteiger partial charge in [0.05, 0.1) is 128 Å². The van der Waals surface area contributed by atoms with E-state index >= 15 is 0 Å². The van der Waals surface area contributed by atoms with Gasteiger partial charge >= 0.3 is 30.6 Å². The number of nitrogens with zero attached hydrogens (tertiary/aromatic N) is 6. The summed E-state index contributed by atoms with van der Waals surface area (Å²) in [5.41, 5.74) is -2.33. The van der Waals surface area contributed by atoms with Crippen LogP contribution in [0.4, 0.5) is 101 Å². The summed E-state index contributed by atoms with van der Waals surface area (Å²) in [7, 11) is -7.55. The van der Waals surface area contributed by atoms with Gasteiger partial charge in [-0.2, -0.15) is 26.3 Å². The third-order valence-corrected chi connectivity index (χ3v) is 28.4. The van der Waals surface area contributed by atoms with Crippen molar-refractivity contribution >= 4 is 164 Å². The van der Waals surface area contributed by atoms with Crippen LogP contribution in [-0.4, -0.2) is 224 Å². The van der Waals surface area contributed by atoms with Crippen LogP contribution in [0.1, 0.15) is 109 Å². The minimum atomic E-state index is -4.81. The normalized spacial score (nSPS) is 19.0. The number of likely N-dealkylation sites (tertiary alicyclic amines) is 3. The van der Waals surface area contributed by atoms with Crippen LogP contribution in [0, 0.1) is 70.4 Å². The molecule has 49 heteroatoms. The maximum Gasteiger partial charge on any atom is 0.419 e. The van der Waals surface area contributed by atoms with E-state index in [2.05, 4.69) is 41.4 Å². The van der Waals surface area contributed by atoms with Crippen molar-refractivity contribution in [3.05, 3.63) is 175 Å². The zero-order valence-corrected chi connectivity index (χ0v) is 79.2. The molecule has 6 saturated heterocycles. The molecule has 0 aliphatic carbocycles. The molecule has 9 amide bonds. The molecule has 6 fully saturated rings. The maximum absolute atomic E-state index is 13.8. The molecule has 0 aromatic heterocycles. The number of amides is 9. The average molecular weight is 2060 g/mol. The van der Waals surface area contributed by atoms with Crippen LogP contribution in [0.3, 0.4) is 0 Å². The number of rotatable bonds is 18. The van der Waals surface area contributed by atoms with Crippen molar-refractivity contribution in [1.82, 2.24) is 27.6 Å². The van der Waals surface area contributed by atoms with Gasteiger partial charge in [-0.05, 0) is 183 Å². The molecule has 744 valence electrons. The molecule has 6 N–H and O–H groups in total. The topological polar surface area (TPSA) is 375 Å². The van der Waals surface area contributed by atoms with Crippen molar-refractivity contribution in [2.45, 2.75) is 110 Å². The summed E-state index contributed by atoms with van der Waals surface area (Å²) >= 11 is 23.1. The average Bonchev–Trinajstić information content (AvgIpc) is 0.810. The van der Waals surface area contributed by atoms with Crippen molar-refractivity contribution in [2.75, 3.05) is 149 Å². The number of benzene rings is 6. The number of hydrogen-bond acceptors (Lipinski definition) is 18. The largest absolute Gasteiger partial charge is 0.453 e. The van der Waals surface area contributed by atoms with E-state index in [1.54, 1.807) is 19.9 Å². The third-order valence-electron chi connectivity index (χ3n) is 21.9. The summed E-state index contributed by atoms with van der Waals surface area (Å²) in [6.07, 6.45) is -2.72. The van der Waals surface area contributed by atoms with E-state index in [1.807, 2.05) is 0 Å². The van der Waals surface area contributed by atoms with E-state index in [9.17, 15) is 121 Å². The quantitative estimate of drug-likeness (QED) is 0.0344. The highest BCUT2D eigenvalue weighted by atomic mass is 35.5. The summed E-state index contributed by atoms with van der Waals surface area (Å²) < 4.78 is 245. The van der Waals surface area contributed by atoms with Gasteiger partial charge < -0.3 is 60.8 Å². The summed E-state index contributed by atoms with van der Waals surface area (Å²) in [6, 6.07) is 21.3. The SMILES string of the molecule is CCOC(=O)N1CCC[C@H](C(=O)Nc2cccc(F)c2Cl)C1.CCS(=O)(=O)N1CCC[C@H](C(=O)Nc2ccc(C(F)(F)F)c(F)c2)C1.CCS(=O)(=O)N1CCC[C@H](C(=O)Nc2cccc(F)c2Cl)C1.COC(=O)N1CCC[C@H](C(=O)Nc2cccc(Cl)c2F)C1.COC(=O)N1CCC[C@H](C(=O)Nc2cccc(F)c2Cl)C1.CS(=O)(=O)N1CCC[C@H](C(=O)Nc2ccc(C(F)(F)F)c(F)c2)C1. The highest BCUT2D eigenvalue weighted by Crippen LogP contribution is 2.37. The number of halogens is 16. The number of alkyl halides is 6. The molecule has 12 rings (SSSR count). The molecule has 0 radical (unpaired) electrons. The van der Waals surface area contributed by atoms with Crippen LogP contribution in [0.25, 0.3) is 0 Å². The van der Waals surface area contributed by atoms with Gasteiger partial charge in [0.1, 0.15) is 29.1 Å². The Morgan fingerprint density at radius 3 is 0.956 bits per heavy atom. The Morgan fingerprint density at radius 2 is 0.652 bits per heavy atom. The number of methoxy groups -OCH3 is 2. The summed E-state index contributed by atoms with van der Waals surface area (Å²) in [5, 5.41) is 14.6. The zero-order chi connectivity index (χ0) is 100. The smallest absolute Gasteiger partial charge is 0.419 e. The van der Waals surface area contributed by atoms with E-state index in [0.717, 1.165) is 18.4 Å². The molecule has 30 nitrogen and oxygen atoms in total. The first-order valence-corrected chi connectivity index (χ1v) is 48.9. The lowest BCUT2D eigenvalue weighted by molar-refractivity contribution is -0.140. The fourth-order valence-corrected chi connectivity index (χ4v) is 18.6. The predicted octanol–water partition coefficient (Wildman–Crippen LogP) is 16.9. The molecule has 6 aromatic carbocycles. The van der Waals surface area contributed by atoms with E-state index in [0.29, 0.717) is 147 Å². The minimum Gasteiger partial charge on any atom is -0.453 e. The molecule has 6 heterocycles. The highest BCUT2D eigenvalue weighted by Gasteiger charge is 2.40. The van der Waals surface area contributed by atoms with Crippen molar-refractivity contribution in [3.63, 3.8) is 0 Å². The number of ether oxygens (including phenoxy) is 3. The standard InChI is InChI=1S/C15H18ClFN2O3.C15H18F4N2O3S.C14H18ClFN2O3S.2C14H16ClFN2O3.C14H16F4N2O3S/c1-2-22-15(21)19-8-4-5-10(9-19)14(20)18-12-7-3-6-11(17)13(12)16;1-2-25(23,24)21-7-3-4-10(9-21)14(22)20-11-5-6-12(13(16)8-11)15(17,18)19;1-2-22(20,21)18-8-4-5-10(9-18)14(19)17-12-7-3-6-11(16)13(12)15;1-21-14(20)18-7-3-4-9(8-18)13(19)17-11-6-2-5-10(16)12(11)15;1-21-14(20)18-7-3-4-9(8-18)13(19)17-11-6-2-5-10(15)12(11)16;1-24(22,23)20-6-2-3-9(8-20)13(21)19-10-4-5-11(12(15)7-10)14(16,17)18/h3,6-7,10H,2,4-5,8-9H2,1H3,(H,18,20);5-6,8,10H,2-4,7,9H2,1H3,(H,20,22);3,6-7,10H,2,4-5,8-9H2,1H3,(H,17,19);2*2,5-6,9H,3-4,7-8H2,1H3,(H,17,19);4-5,7,9H,2-3,6,8H2,1H3,(H,19,21)/t3*10-;3*9-/m000000/s1. The van der Waals surface area contributed by atoms with Gasteiger partial charge in [-0.25, -0.2) is 78.9 Å². The third kappa shape index (κ3) is 33.4. The van der Waals surface area contributed by atoms with Crippen molar-refractivity contribution in [1.29, 1.82) is 0 Å². The second kappa shape index (κ2) is 51.4. The van der Waals surface area contributed by atoms with E-state index < -0.39 is 142 Å². The number of nitrogens with one attached hydrogen (secondary N) is 6. The number of anilines is 6. The minimum absolute atomic E-state index is 0.00508. The lowest BCUT2D eigenvalue weighted by atomic mass is 9.97. The lowest BCUT2D eigenvalue weighted by Gasteiger charge is -2.31. The second-order valence-corrected chi connectivity index (χ2v) is 39.4. The highest BCUT2D eigenvalue weighted by molar-refractivity contribution is 7.89. The van der Waals surface area contributed by atoms with Gasteiger partial charge in [0.15, 0.2) is 5.82 Å². The molecule has 6 atom stereocenters. The molecule has 0 unspecified atom stereocenters. The number of carbonyl (C=O) groups is 9. The summed E-state index contributed by atoms with van der Waals surface area (Å²) in [4.78, 5) is 113. The van der Waals surface area contributed by atoms with E-state index in [4.69, 9.17) is 51.1 Å². The summed E-state index contributed by atoms with van der Waals surface area (Å²) in [6.45, 7) is 8.87. The van der Waals surface area contributed by atoms with Gasteiger partial charge in [-0.1, -0.05) is 70.7 Å². The first kappa shape index (κ1) is 112. The lowest BCUT2D eigenvalue weighted by Crippen LogP contribution is -2.44. The van der Waals surface area contributed by atoms with Gasteiger partial charge in [-0.3, -0.25) is 28.8 Å². The Labute approximate surface area is 792 Å². The Morgan fingerprint density at radius 1 is 0.370 bits per heavy atom. The molecule has 6 aliphatic rings. The van der Waals surface area contributed by atoms with Gasteiger partial charge in [0, 0.05) is 89.9 Å². The molecular formula is C86H102Cl4F12N12O18S3. The fourth-order valence-electron chi connectivity index (χ4n) is 14.7. The molecule has 6 aromatic rings. The Balaban J connectivity index is 0.000000221. The van der Waals surface area contributed by atoms with Crippen molar-refractivity contribution < 1.29 is 135 Å². The number of carbonyl (C=O) groups excluding carboxylic acids is 9. The Bertz CT molecular complexity index is 5440. The maximum atomic E-state index is 13.8. The van der Waals surface area contributed by atoms with Crippen LogP contribution in [0.15, 0.2) is 109 Å².